The molecule has 0 amide bonds. The molecule has 4 nitrogen and oxygen atoms in total. The Kier molecular flexibility index (Phi) is 3.84. The van der Waals surface area contributed by atoms with Crippen molar-refractivity contribution in [3.63, 3.8) is 0 Å². The molecule has 2 aromatic rings. The lowest BCUT2D eigenvalue weighted by atomic mass is 10.1. The molecule has 0 aliphatic carbocycles. The number of hydrogen-bond acceptors (Lipinski definition) is 3. The van der Waals surface area contributed by atoms with Crippen molar-refractivity contribution in [2.45, 2.75) is 6.42 Å². The van der Waals surface area contributed by atoms with Crippen molar-refractivity contribution >= 4 is 33.3 Å². The number of fused-ring (bicyclic) bond motifs is 1. The Bertz CT molecular complexity index is 687. The van der Waals surface area contributed by atoms with Gasteiger partial charge in [0.25, 0.3) is 0 Å². The number of halogens is 1. The standard InChI is InChI=1S/C16H14BrNO3/c17-12-10-11(16(19)20)6-7-13(12)18-8-3-9-21-15-5-2-1-4-14(15)18/h1-2,4-7,10H,3,8-9H2,(H,19,20). The highest BCUT2D eigenvalue weighted by atomic mass is 79.9. The summed E-state index contributed by atoms with van der Waals surface area (Å²) in [5, 5.41) is 9.06. The fourth-order valence-electron chi connectivity index (χ4n) is 2.44. The molecule has 5 heteroatoms. The van der Waals surface area contributed by atoms with Gasteiger partial charge < -0.3 is 14.7 Å². The lowest BCUT2D eigenvalue weighted by molar-refractivity contribution is 0.0697. The van der Waals surface area contributed by atoms with E-state index < -0.39 is 5.97 Å². The highest BCUT2D eigenvalue weighted by Crippen LogP contribution is 2.39. The van der Waals surface area contributed by atoms with Gasteiger partial charge in [0, 0.05) is 11.0 Å². The number of rotatable bonds is 2. The fraction of sp³-hybridized carbons (Fsp3) is 0.188. The molecule has 21 heavy (non-hydrogen) atoms. The molecular formula is C16H14BrNO3. The van der Waals surface area contributed by atoms with Gasteiger partial charge in [-0.1, -0.05) is 12.1 Å². The number of carbonyl (C=O) groups is 1. The van der Waals surface area contributed by atoms with E-state index in [0.717, 1.165) is 34.6 Å². The zero-order valence-electron chi connectivity index (χ0n) is 11.3. The van der Waals surface area contributed by atoms with E-state index in [1.807, 2.05) is 30.3 Å². The molecule has 108 valence electrons. The van der Waals surface area contributed by atoms with Gasteiger partial charge in [-0.25, -0.2) is 4.79 Å². The number of nitrogens with zero attached hydrogens (tertiary/aromatic N) is 1. The van der Waals surface area contributed by atoms with Crippen molar-refractivity contribution in [2.24, 2.45) is 0 Å². The van der Waals surface area contributed by atoms with Crippen LogP contribution in [0.4, 0.5) is 11.4 Å². The maximum atomic E-state index is 11.0. The molecule has 0 unspecified atom stereocenters. The Morgan fingerprint density at radius 3 is 2.76 bits per heavy atom. The number of hydrogen-bond donors (Lipinski definition) is 1. The van der Waals surface area contributed by atoms with Crippen molar-refractivity contribution in [2.75, 3.05) is 18.1 Å². The molecule has 0 fully saturated rings. The largest absolute Gasteiger partial charge is 0.491 e. The van der Waals surface area contributed by atoms with Crippen molar-refractivity contribution in [1.82, 2.24) is 0 Å². The van der Waals surface area contributed by atoms with Crippen LogP contribution in [0.15, 0.2) is 46.9 Å². The molecule has 0 aromatic heterocycles. The Balaban J connectivity index is 2.06. The minimum absolute atomic E-state index is 0.269. The number of benzene rings is 2. The van der Waals surface area contributed by atoms with Crippen LogP contribution < -0.4 is 9.64 Å². The molecule has 0 saturated heterocycles. The van der Waals surface area contributed by atoms with Gasteiger partial charge in [0.05, 0.1) is 23.5 Å². The van der Waals surface area contributed by atoms with Gasteiger partial charge in [0.2, 0.25) is 0 Å². The Labute approximate surface area is 131 Å². The SMILES string of the molecule is O=C(O)c1ccc(N2CCCOc3ccccc32)c(Br)c1. The molecule has 0 bridgehead atoms. The lowest BCUT2D eigenvalue weighted by Gasteiger charge is -2.25. The first kappa shape index (κ1) is 13.9. The number of aromatic carboxylic acids is 1. The Morgan fingerprint density at radius 2 is 2.00 bits per heavy atom. The minimum Gasteiger partial charge on any atom is -0.491 e. The average Bonchev–Trinajstić information content (AvgIpc) is 2.69. The highest BCUT2D eigenvalue weighted by molar-refractivity contribution is 9.10. The molecule has 1 heterocycles. The van der Waals surface area contributed by atoms with Gasteiger partial charge in [-0.2, -0.15) is 0 Å². The normalized spacial score (nSPS) is 14.0. The summed E-state index contributed by atoms with van der Waals surface area (Å²) in [5.74, 6) is -0.0777. The first-order valence-electron chi connectivity index (χ1n) is 6.69. The van der Waals surface area contributed by atoms with Gasteiger partial charge in [0.1, 0.15) is 5.75 Å². The van der Waals surface area contributed by atoms with E-state index in [0.29, 0.717) is 6.61 Å². The van der Waals surface area contributed by atoms with Crippen LogP contribution >= 0.6 is 15.9 Å². The maximum Gasteiger partial charge on any atom is 0.335 e. The van der Waals surface area contributed by atoms with E-state index >= 15 is 0 Å². The first-order valence-corrected chi connectivity index (χ1v) is 7.48. The van der Waals surface area contributed by atoms with Crippen LogP contribution in [0, 0.1) is 0 Å². The fourth-order valence-corrected chi connectivity index (χ4v) is 3.03. The lowest BCUT2D eigenvalue weighted by Crippen LogP contribution is -2.18. The third kappa shape index (κ3) is 2.74. The molecular weight excluding hydrogens is 334 g/mol. The number of carboxylic acid groups (broad SMARTS) is 1. The van der Waals surface area contributed by atoms with Crippen molar-refractivity contribution in [3.8, 4) is 5.75 Å². The van der Waals surface area contributed by atoms with Gasteiger partial charge in [0.15, 0.2) is 0 Å². The summed E-state index contributed by atoms with van der Waals surface area (Å²) < 4.78 is 6.51. The molecule has 1 aliphatic rings. The average molecular weight is 348 g/mol. The molecule has 0 saturated carbocycles. The van der Waals surface area contributed by atoms with E-state index in [2.05, 4.69) is 20.8 Å². The summed E-state index contributed by atoms with van der Waals surface area (Å²) >= 11 is 3.48. The summed E-state index contributed by atoms with van der Waals surface area (Å²) in [5.41, 5.74) is 2.21. The number of ether oxygens (including phenoxy) is 1. The molecule has 0 atom stereocenters. The van der Waals surface area contributed by atoms with E-state index in [-0.39, 0.29) is 5.56 Å². The van der Waals surface area contributed by atoms with Crippen LogP contribution in [0.25, 0.3) is 0 Å². The van der Waals surface area contributed by atoms with Crippen LogP contribution in [0.1, 0.15) is 16.8 Å². The smallest absolute Gasteiger partial charge is 0.335 e. The molecule has 1 aliphatic heterocycles. The summed E-state index contributed by atoms with van der Waals surface area (Å²) in [7, 11) is 0. The second-order valence-electron chi connectivity index (χ2n) is 4.79. The number of anilines is 2. The van der Waals surface area contributed by atoms with Crippen LogP contribution in [0.3, 0.4) is 0 Å². The topological polar surface area (TPSA) is 49.8 Å². The molecule has 0 spiro atoms. The Morgan fingerprint density at radius 1 is 1.19 bits per heavy atom. The van der Waals surface area contributed by atoms with E-state index in [1.54, 1.807) is 12.1 Å². The second-order valence-corrected chi connectivity index (χ2v) is 5.65. The summed E-state index contributed by atoms with van der Waals surface area (Å²) in [4.78, 5) is 13.2. The Hall–Kier alpha value is -2.01. The highest BCUT2D eigenvalue weighted by Gasteiger charge is 2.20. The molecule has 0 radical (unpaired) electrons. The van der Waals surface area contributed by atoms with Gasteiger partial charge >= 0.3 is 5.97 Å². The first-order chi connectivity index (χ1) is 10.2. The van der Waals surface area contributed by atoms with Gasteiger partial charge in [-0.3, -0.25) is 0 Å². The van der Waals surface area contributed by atoms with Crippen molar-refractivity contribution in [3.05, 3.63) is 52.5 Å². The third-order valence-corrected chi connectivity index (χ3v) is 4.06. The van der Waals surface area contributed by atoms with E-state index in [4.69, 9.17) is 9.84 Å². The van der Waals surface area contributed by atoms with Crippen molar-refractivity contribution < 1.29 is 14.6 Å². The van der Waals surface area contributed by atoms with E-state index in [1.165, 1.54) is 0 Å². The van der Waals surface area contributed by atoms with Crippen LogP contribution in [0.5, 0.6) is 5.75 Å². The summed E-state index contributed by atoms with van der Waals surface area (Å²) in [6.07, 6.45) is 0.905. The number of para-hydroxylation sites is 2. The summed E-state index contributed by atoms with van der Waals surface area (Å²) in [6.45, 7) is 1.50. The third-order valence-electron chi connectivity index (χ3n) is 3.43. The van der Waals surface area contributed by atoms with Crippen molar-refractivity contribution in [1.29, 1.82) is 0 Å². The molecule has 2 aromatic carbocycles. The monoisotopic (exact) mass is 347 g/mol. The second kappa shape index (κ2) is 5.77. The minimum atomic E-state index is -0.929. The summed E-state index contributed by atoms with van der Waals surface area (Å²) in [6, 6.07) is 13.0. The van der Waals surface area contributed by atoms with Crippen LogP contribution in [-0.2, 0) is 0 Å². The number of carboxylic acids is 1. The molecule has 3 rings (SSSR count). The zero-order chi connectivity index (χ0) is 14.8. The van der Waals surface area contributed by atoms with Crippen LogP contribution in [-0.4, -0.2) is 24.2 Å². The maximum absolute atomic E-state index is 11.0. The zero-order valence-corrected chi connectivity index (χ0v) is 12.8. The van der Waals surface area contributed by atoms with Gasteiger partial charge in [-0.05, 0) is 52.7 Å². The quantitative estimate of drug-likeness (QED) is 0.889. The van der Waals surface area contributed by atoms with E-state index in [9.17, 15) is 4.79 Å². The van der Waals surface area contributed by atoms with Gasteiger partial charge in [-0.15, -0.1) is 0 Å². The predicted octanol–water partition coefficient (Wildman–Crippen LogP) is 4.07. The van der Waals surface area contributed by atoms with Crippen LogP contribution in [0.2, 0.25) is 0 Å². The predicted molar refractivity (Wildman–Crippen MR) is 84.7 cm³/mol. The molecule has 1 N–H and O–H groups in total.